The second-order valence-corrected chi connectivity index (χ2v) is 9.14. The molecule has 0 saturated carbocycles. The Morgan fingerprint density at radius 2 is 2.14 bits per heavy atom. The van der Waals surface area contributed by atoms with E-state index in [1.165, 1.54) is 0 Å². The number of aryl methyl sites for hydroxylation is 1. The van der Waals surface area contributed by atoms with Gasteiger partial charge in [-0.3, -0.25) is 4.79 Å². The van der Waals surface area contributed by atoms with Crippen LogP contribution in [0.25, 0.3) is 16.0 Å². The van der Waals surface area contributed by atoms with Crippen LogP contribution < -0.4 is 10.2 Å². The van der Waals surface area contributed by atoms with Crippen molar-refractivity contribution in [3.05, 3.63) is 35.0 Å². The summed E-state index contributed by atoms with van der Waals surface area (Å²) in [5.41, 5.74) is 2.76. The van der Waals surface area contributed by atoms with Crippen LogP contribution in [0, 0.1) is 12.8 Å². The predicted molar refractivity (Wildman–Crippen MR) is 119 cm³/mol. The van der Waals surface area contributed by atoms with Crippen LogP contribution in [0.5, 0.6) is 0 Å². The lowest BCUT2D eigenvalue weighted by Crippen LogP contribution is -2.45. The smallest absolute Gasteiger partial charge is 0.225 e. The number of carbonyl (C=O) groups excluding carboxylic acids is 1. The van der Waals surface area contributed by atoms with Gasteiger partial charge in [-0.1, -0.05) is 29.9 Å². The molecule has 8 heteroatoms. The van der Waals surface area contributed by atoms with Crippen LogP contribution in [0.4, 0.5) is 5.13 Å². The highest BCUT2D eigenvalue weighted by atomic mass is 35.5. The van der Waals surface area contributed by atoms with E-state index in [9.17, 15) is 4.79 Å². The number of nitrogens with zero attached hydrogens (tertiary/aromatic N) is 4. The van der Waals surface area contributed by atoms with Crippen molar-refractivity contribution in [3.8, 4) is 5.69 Å². The van der Waals surface area contributed by atoms with Gasteiger partial charge in [0.15, 0.2) is 10.8 Å². The maximum atomic E-state index is 12.6. The standard InChI is InChI=1S/C21H26ClN5OS/c1-4-13(2)23-20(28)15-6-5-11-26(12-15)21-24-19-18(29-21)14(3)25-27(19)17-9-7-16(22)8-10-17/h7-10,13,15H,4-6,11-12H2,1-3H3,(H,23,28)/t13-,15-/m0/s1. The highest BCUT2D eigenvalue weighted by Crippen LogP contribution is 2.34. The molecule has 1 aliphatic rings. The lowest BCUT2D eigenvalue weighted by molar-refractivity contribution is -0.125. The first kappa shape index (κ1) is 20.2. The molecule has 1 fully saturated rings. The summed E-state index contributed by atoms with van der Waals surface area (Å²) in [7, 11) is 0. The van der Waals surface area contributed by atoms with Gasteiger partial charge in [0.2, 0.25) is 5.91 Å². The number of amides is 1. The first-order valence-corrected chi connectivity index (χ1v) is 11.3. The highest BCUT2D eigenvalue weighted by molar-refractivity contribution is 7.22. The molecule has 2 atom stereocenters. The molecule has 1 saturated heterocycles. The van der Waals surface area contributed by atoms with E-state index in [1.807, 2.05) is 35.9 Å². The van der Waals surface area contributed by atoms with Gasteiger partial charge in [0.25, 0.3) is 0 Å². The third-order valence-electron chi connectivity index (χ3n) is 5.51. The predicted octanol–water partition coefficient (Wildman–Crippen LogP) is 4.57. The minimum absolute atomic E-state index is 0.0126. The number of hydrogen-bond acceptors (Lipinski definition) is 5. The van der Waals surface area contributed by atoms with Gasteiger partial charge in [-0.2, -0.15) is 10.1 Å². The Balaban J connectivity index is 1.59. The number of piperidine rings is 1. The average Bonchev–Trinajstić information content (AvgIpc) is 3.29. The number of hydrogen-bond donors (Lipinski definition) is 1. The summed E-state index contributed by atoms with van der Waals surface area (Å²) in [6, 6.07) is 7.83. The quantitative estimate of drug-likeness (QED) is 0.642. The Hall–Kier alpha value is -2.12. The summed E-state index contributed by atoms with van der Waals surface area (Å²) in [5.74, 6) is 0.173. The number of halogens is 1. The molecule has 1 aromatic carbocycles. The van der Waals surface area contributed by atoms with Crippen molar-refractivity contribution in [2.24, 2.45) is 5.92 Å². The van der Waals surface area contributed by atoms with Crippen molar-refractivity contribution in [2.75, 3.05) is 18.0 Å². The topological polar surface area (TPSA) is 63.1 Å². The number of benzene rings is 1. The van der Waals surface area contributed by atoms with Gasteiger partial charge in [-0.05, 0) is 57.4 Å². The van der Waals surface area contributed by atoms with E-state index in [4.69, 9.17) is 16.6 Å². The molecule has 1 amide bonds. The average molecular weight is 432 g/mol. The van der Waals surface area contributed by atoms with E-state index in [-0.39, 0.29) is 17.9 Å². The summed E-state index contributed by atoms with van der Waals surface area (Å²) < 4.78 is 2.96. The van der Waals surface area contributed by atoms with Gasteiger partial charge < -0.3 is 10.2 Å². The van der Waals surface area contributed by atoms with Crippen LogP contribution in [0.1, 0.15) is 38.8 Å². The van der Waals surface area contributed by atoms with Gasteiger partial charge in [0.1, 0.15) is 0 Å². The Bertz CT molecular complexity index is 1010. The number of rotatable bonds is 5. The zero-order chi connectivity index (χ0) is 20.5. The maximum Gasteiger partial charge on any atom is 0.225 e. The second-order valence-electron chi connectivity index (χ2n) is 7.73. The van der Waals surface area contributed by atoms with Crippen molar-refractivity contribution < 1.29 is 4.79 Å². The van der Waals surface area contributed by atoms with Gasteiger partial charge in [-0.15, -0.1) is 0 Å². The van der Waals surface area contributed by atoms with Crippen LogP contribution in [0.3, 0.4) is 0 Å². The number of carbonyl (C=O) groups is 1. The first-order valence-electron chi connectivity index (χ1n) is 10.1. The Kier molecular flexibility index (Phi) is 5.79. The summed E-state index contributed by atoms with van der Waals surface area (Å²) in [6.45, 7) is 7.79. The van der Waals surface area contributed by atoms with E-state index in [2.05, 4.69) is 29.2 Å². The van der Waals surface area contributed by atoms with Crippen molar-refractivity contribution in [2.45, 2.75) is 46.1 Å². The minimum atomic E-state index is 0.0126. The highest BCUT2D eigenvalue weighted by Gasteiger charge is 2.28. The lowest BCUT2D eigenvalue weighted by Gasteiger charge is -2.32. The summed E-state index contributed by atoms with van der Waals surface area (Å²) in [5, 5.41) is 9.45. The van der Waals surface area contributed by atoms with E-state index in [0.29, 0.717) is 11.6 Å². The number of anilines is 1. The molecule has 3 aromatic rings. The second kappa shape index (κ2) is 8.32. The normalized spacial score (nSPS) is 18.2. The first-order chi connectivity index (χ1) is 14.0. The van der Waals surface area contributed by atoms with Crippen LogP contribution in [-0.2, 0) is 4.79 Å². The SMILES string of the molecule is CC[C@H](C)NC(=O)[C@H]1CCCN(c2nc3c(s2)c(C)nn3-c2ccc(Cl)cc2)C1. The molecular formula is C21H26ClN5OS. The Morgan fingerprint density at radius 3 is 2.86 bits per heavy atom. The summed E-state index contributed by atoms with van der Waals surface area (Å²) >= 11 is 7.68. The Labute approximate surface area is 179 Å². The number of nitrogens with one attached hydrogen (secondary N) is 1. The fraction of sp³-hybridized carbons (Fsp3) is 0.476. The Morgan fingerprint density at radius 1 is 1.38 bits per heavy atom. The van der Waals surface area contributed by atoms with Crippen molar-refractivity contribution in [1.82, 2.24) is 20.1 Å². The minimum Gasteiger partial charge on any atom is -0.353 e. The van der Waals surface area contributed by atoms with Crippen LogP contribution in [0.2, 0.25) is 5.02 Å². The largest absolute Gasteiger partial charge is 0.353 e. The molecule has 29 heavy (non-hydrogen) atoms. The van der Waals surface area contributed by atoms with E-state index >= 15 is 0 Å². The van der Waals surface area contributed by atoms with Crippen LogP contribution in [-0.4, -0.2) is 39.8 Å². The molecule has 6 nitrogen and oxygen atoms in total. The molecule has 1 aliphatic heterocycles. The monoisotopic (exact) mass is 431 g/mol. The van der Waals surface area contributed by atoms with Gasteiger partial charge >= 0.3 is 0 Å². The number of aromatic nitrogens is 3. The molecule has 0 aliphatic carbocycles. The maximum absolute atomic E-state index is 12.6. The molecule has 0 bridgehead atoms. The number of thiazole rings is 1. The fourth-order valence-electron chi connectivity index (χ4n) is 3.65. The molecule has 3 heterocycles. The lowest BCUT2D eigenvalue weighted by atomic mass is 9.97. The van der Waals surface area contributed by atoms with Crippen molar-refractivity contribution >= 4 is 44.3 Å². The van der Waals surface area contributed by atoms with Crippen molar-refractivity contribution in [3.63, 3.8) is 0 Å². The van der Waals surface area contributed by atoms with Gasteiger partial charge in [0, 0.05) is 24.2 Å². The molecule has 0 unspecified atom stereocenters. The third-order valence-corrected chi connectivity index (χ3v) is 6.98. The van der Waals surface area contributed by atoms with E-state index in [0.717, 1.165) is 52.7 Å². The fourth-order valence-corrected chi connectivity index (χ4v) is 4.80. The van der Waals surface area contributed by atoms with Crippen LogP contribution >= 0.6 is 22.9 Å². The zero-order valence-electron chi connectivity index (χ0n) is 17.0. The summed E-state index contributed by atoms with van der Waals surface area (Å²) in [6.07, 6.45) is 2.87. The van der Waals surface area contributed by atoms with E-state index < -0.39 is 0 Å². The molecule has 154 valence electrons. The molecule has 0 spiro atoms. The van der Waals surface area contributed by atoms with E-state index in [1.54, 1.807) is 11.3 Å². The van der Waals surface area contributed by atoms with Gasteiger partial charge in [0.05, 0.1) is 22.0 Å². The zero-order valence-corrected chi connectivity index (χ0v) is 18.6. The molecule has 2 aromatic heterocycles. The molecular weight excluding hydrogens is 406 g/mol. The van der Waals surface area contributed by atoms with Crippen molar-refractivity contribution in [1.29, 1.82) is 0 Å². The molecule has 0 radical (unpaired) electrons. The number of fused-ring (bicyclic) bond motifs is 1. The summed E-state index contributed by atoms with van der Waals surface area (Å²) in [4.78, 5) is 19.8. The molecule has 4 rings (SSSR count). The molecule has 1 N–H and O–H groups in total. The van der Waals surface area contributed by atoms with Gasteiger partial charge in [-0.25, -0.2) is 4.68 Å². The third kappa shape index (κ3) is 4.12. The van der Waals surface area contributed by atoms with Crippen LogP contribution in [0.15, 0.2) is 24.3 Å².